The Bertz CT molecular complexity index is 304. The lowest BCUT2D eigenvalue weighted by atomic mass is 9.99. The minimum Gasteiger partial charge on any atom is -0.316 e. The van der Waals surface area contributed by atoms with E-state index in [2.05, 4.69) is 47.5 Å². The zero-order valence-corrected chi connectivity index (χ0v) is 10.9. The maximum atomic E-state index is 3.50. The highest BCUT2D eigenvalue weighted by atomic mass is 15.1. The molecule has 2 rings (SSSR count). The Morgan fingerprint density at radius 2 is 2.12 bits per heavy atom. The molecular weight excluding hydrogens is 208 g/mol. The molecule has 1 N–H and O–H groups in total. The van der Waals surface area contributed by atoms with Crippen molar-refractivity contribution < 1.29 is 0 Å². The third-order valence-corrected chi connectivity index (χ3v) is 3.61. The molecular formula is C15H24N2. The van der Waals surface area contributed by atoms with Gasteiger partial charge >= 0.3 is 0 Å². The maximum absolute atomic E-state index is 3.50. The summed E-state index contributed by atoms with van der Waals surface area (Å²) in [6, 6.07) is 10.8. The van der Waals surface area contributed by atoms with Crippen LogP contribution in [-0.4, -0.2) is 31.1 Å². The lowest BCUT2D eigenvalue weighted by Gasteiger charge is -2.29. The van der Waals surface area contributed by atoms with E-state index in [0.717, 1.165) is 19.0 Å². The topological polar surface area (TPSA) is 15.3 Å². The first-order valence-electron chi connectivity index (χ1n) is 6.85. The molecule has 1 aromatic rings. The maximum Gasteiger partial charge on any atom is 0.0233 e. The molecule has 0 unspecified atom stereocenters. The van der Waals surface area contributed by atoms with Crippen molar-refractivity contribution in [2.75, 3.05) is 26.2 Å². The van der Waals surface area contributed by atoms with Gasteiger partial charge in [-0.15, -0.1) is 0 Å². The van der Waals surface area contributed by atoms with Crippen LogP contribution < -0.4 is 5.32 Å². The van der Waals surface area contributed by atoms with Crippen molar-refractivity contribution in [2.24, 2.45) is 5.92 Å². The Labute approximate surface area is 105 Å². The fraction of sp³-hybridized carbons (Fsp3) is 0.600. The summed E-state index contributed by atoms with van der Waals surface area (Å²) in [5.74, 6) is 0.840. The standard InChI is InChI=1S/C15H24N2/c1-2-17(12-14-7-4-3-5-8-14)13-15-9-6-10-16-11-15/h3-5,7-8,15-16H,2,6,9-13H2,1H3/t15-/m1/s1. The summed E-state index contributed by atoms with van der Waals surface area (Å²) in [7, 11) is 0. The molecule has 17 heavy (non-hydrogen) atoms. The van der Waals surface area contributed by atoms with Gasteiger partial charge < -0.3 is 5.32 Å². The van der Waals surface area contributed by atoms with E-state index in [1.54, 1.807) is 0 Å². The Hall–Kier alpha value is -0.860. The molecule has 1 atom stereocenters. The Morgan fingerprint density at radius 1 is 1.29 bits per heavy atom. The largest absolute Gasteiger partial charge is 0.316 e. The summed E-state index contributed by atoms with van der Waals surface area (Å²) >= 11 is 0. The van der Waals surface area contributed by atoms with Crippen LogP contribution in [0.25, 0.3) is 0 Å². The van der Waals surface area contributed by atoms with Crippen LogP contribution in [0, 0.1) is 5.92 Å². The number of rotatable bonds is 5. The van der Waals surface area contributed by atoms with Gasteiger partial charge in [0.15, 0.2) is 0 Å². The second-order valence-electron chi connectivity index (χ2n) is 5.03. The van der Waals surface area contributed by atoms with E-state index in [1.807, 2.05) is 0 Å². The molecule has 0 aliphatic carbocycles. The van der Waals surface area contributed by atoms with Crippen molar-refractivity contribution in [3.63, 3.8) is 0 Å². The quantitative estimate of drug-likeness (QED) is 0.839. The van der Waals surface area contributed by atoms with E-state index in [0.29, 0.717) is 0 Å². The fourth-order valence-corrected chi connectivity index (χ4v) is 2.59. The monoisotopic (exact) mass is 232 g/mol. The van der Waals surface area contributed by atoms with E-state index < -0.39 is 0 Å². The summed E-state index contributed by atoms with van der Waals surface area (Å²) in [6.07, 6.45) is 2.73. The molecule has 2 nitrogen and oxygen atoms in total. The van der Waals surface area contributed by atoms with Gasteiger partial charge in [0.2, 0.25) is 0 Å². The highest BCUT2D eigenvalue weighted by Gasteiger charge is 2.16. The van der Waals surface area contributed by atoms with E-state index >= 15 is 0 Å². The van der Waals surface area contributed by atoms with Crippen molar-refractivity contribution >= 4 is 0 Å². The first-order chi connectivity index (χ1) is 8.38. The minimum absolute atomic E-state index is 0.840. The zero-order chi connectivity index (χ0) is 11.9. The molecule has 94 valence electrons. The number of piperidine rings is 1. The number of nitrogens with zero attached hydrogens (tertiary/aromatic N) is 1. The van der Waals surface area contributed by atoms with Gasteiger partial charge in [0.05, 0.1) is 0 Å². The summed E-state index contributed by atoms with van der Waals surface area (Å²) in [4.78, 5) is 2.56. The van der Waals surface area contributed by atoms with Crippen LogP contribution in [0.2, 0.25) is 0 Å². The van der Waals surface area contributed by atoms with E-state index in [9.17, 15) is 0 Å². The smallest absolute Gasteiger partial charge is 0.0233 e. The average molecular weight is 232 g/mol. The van der Waals surface area contributed by atoms with Gasteiger partial charge in [-0.25, -0.2) is 0 Å². The lowest BCUT2D eigenvalue weighted by Crippen LogP contribution is -2.38. The second-order valence-corrected chi connectivity index (χ2v) is 5.03. The van der Waals surface area contributed by atoms with Gasteiger partial charge in [-0.1, -0.05) is 37.3 Å². The van der Waals surface area contributed by atoms with E-state index in [4.69, 9.17) is 0 Å². The minimum atomic E-state index is 0.840. The molecule has 1 aliphatic rings. The molecule has 1 fully saturated rings. The Balaban J connectivity index is 1.83. The number of nitrogens with one attached hydrogen (secondary N) is 1. The molecule has 1 heterocycles. The van der Waals surface area contributed by atoms with E-state index in [1.165, 1.54) is 38.0 Å². The highest BCUT2D eigenvalue weighted by Crippen LogP contribution is 2.13. The van der Waals surface area contributed by atoms with Gasteiger partial charge in [0, 0.05) is 13.1 Å². The number of benzene rings is 1. The predicted octanol–water partition coefficient (Wildman–Crippen LogP) is 2.51. The first kappa shape index (κ1) is 12.6. The van der Waals surface area contributed by atoms with Crippen molar-refractivity contribution in [3.05, 3.63) is 35.9 Å². The van der Waals surface area contributed by atoms with Gasteiger partial charge in [0.1, 0.15) is 0 Å². The molecule has 1 aliphatic heterocycles. The summed E-state index contributed by atoms with van der Waals surface area (Å²) in [5.41, 5.74) is 1.43. The summed E-state index contributed by atoms with van der Waals surface area (Å²) in [5, 5.41) is 3.50. The first-order valence-corrected chi connectivity index (χ1v) is 6.85. The highest BCUT2D eigenvalue weighted by molar-refractivity contribution is 5.14. The third kappa shape index (κ3) is 4.14. The van der Waals surface area contributed by atoms with Crippen molar-refractivity contribution in [3.8, 4) is 0 Å². The number of hydrogen-bond donors (Lipinski definition) is 1. The molecule has 0 radical (unpaired) electrons. The average Bonchev–Trinajstić information content (AvgIpc) is 2.40. The Kier molecular flexibility index (Phi) is 5.02. The van der Waals surface area contributed by atoms with Crippen LogP contribution in [0.3, 0.4) is 0 Å². The van der Waals surface area contributed by atoms with Crippen LogP contribution in [0.5, 0.6) is 0 Å². The molecule has 0 bridgehead atoms. The lowest BCUT2D eigenvalue weighted by molar-refractivity contribution is 0.209. The van der Waals surface area contributed by atoms with E-state index in [-0.39, 0.29) is 0 Å². The van der Waals surface area contributed by atoms with Crippen molar-refractivity contribution in [1.82, 2.24) is 10.2 Å². The molecule has 0 spiro atoms. The van der Waals surface area contributed by atoms with Crippen LogP contribution in [0.4, 0.5) is 0 Å². The van der Waals surface area contributed by atoms with Crippen LogP contribution >= 0.6 is 0 Å². The molecule has 0 amide bonds. The van der Waals surface area contributed by atoms with Crippen LogP contribution in [0.1, 0.15) is 25.3 Å². The summed E-state index contributed by atoms with van der Waals surface area (Å²) in [6.45, 7) is 8.14. The van der Waals surface area contributed by atoms with Gasteiger partial charge in [-0.2, -0.15) is 0 Å². The number of hydrogen-bond acceptors (Lipinski definition) is 2. The van der Waals surface area contributed by atoms with Crippen molar-refractivity contribution in [2.45, 2.75) is 26.3 Å². The zero-order valence-electron chi connectivity index (χ0n) is 10.9. The molecule has 1 aromatic carbocycles. The normalized spacial score (nSPS) is 20.7. The second kappa shape index (κ2) is 6.77. The molecule has 1 saturated heterocycles. The molecule has 2 heteroatoms. The van der Waals surface area contributed by atoms with Crippen LogP contribution in [-0.2, 0) is 6.54 Å². The summed E-state index contributed by atoms with van der Waals surface area (Å²) < 4.78 is 0. The van der Waals surface area contributed by atoms with Crippen LogP contribution in [0.15, 0.2) is 30.3 Å². The fourth-order valence-electron chi connectivity index (χ4n) is 2.59. The molecule has 0 aromatic heterocycles. The van der Waals surface area contributed by atoms with Gasteiger partial charge in [-0.3, -0.25) is 4.90 Å². The van der Waals surface area contributed by atoms with Crippen molar-refractivity contribution in [1.29, 1.82) is 0 Å². The van der Waals surface area contributed by atoms with Gasteiger partial charge in [-0.05, 0) is 44.0 Å². The predicted molar refractivity (Wildman–Crippen MR) is 73.0 cm³/mol. The SMILES string of the molecule is CCN(Cc1ccccc1)C[C@@H]1CCCNC1. The Morgan fingerprint density at radius 3 is 2.76 bits per heavy atom. The molecule has 0 saturated carbocycles. The third-order valence-electron chi connectivity index (χ3n) is 3.61. The van der Waals surface area contributed by atoms with Gasteiger partial charge in [0.25, 0.3) is 0 Å².